The Kier molecular flexibility index (Phi) is 5.84. The first kappa shape index (κ1) is 19.4. The largest absolute Gasteiger partial charge is 0.481 e. The fraction of sp³-hybridized carbons (Fsp3) is 0.474. The van der Waals surface area contributed by atoms with Gasteiger partial charge in [-0.2, -0.15) is 18.2 Å². The Hall–Kier alpha value is -2.35. The van der Waals surface area contributed by atoms with Crippen molar-refractivity contribution in [3.63, 3.8) is 0 Å². The topological polar surface area (TPSA) is 41.5 Å². The molecule has 0 bridgehead atoms. The van der Waals surface area contributed by atoms with Crippen molar-refractivity contribution >= 4 is 5.95 Å². The Bertz CT molecular complexity index is 751. The summed E-state index contributed by atoms with van der Waals surface area (Å²) in [5.41, 5.74) is 0.265. The average molecular weight is 380 g/mol. The fourth-order valence-corrected chi connectivity index (χ4v) is 3.33. The lowest BCUT2D eigenvalue weighted by atomic mass is 10.0. The Labute approximate surface area is 156 Å². The second kappa shape index (κ2) is 8.12. The number of methoxy groups -OCH3 is 1. The van der Waals surface area contributed by atoms with Gasteiger partial charge < -0.3 is 9.64 Å². The number of ether oxygens (including phenoxy) is 1. The van der Waals surface area contributed by atoms with Crippen molar-refractivity contribution in [2.45, 2.75) is 31.6 Å². The first-order valence-electron chi connectivity index (χ1n) is 8.85. The van der Waals surface area contributed by atoms with Crippen LogP contribution in [0.2, 0.25) is 0 Å². The number of nitrogens with zero attached hydrogens (tertiary/aromatic N) is 4. The highest BCUT2D eigenvalue weighted by molar-refractivity contribution is 5.33. The Balaban J connectivity index is 1.63. The maximum atomic E-state index is 12.7. The van der Waals surface area contributed by atoms with Crippen LogP contribution in [0, 0.1) is 0 Å². The minimum Gasteiger partial charge on any atom is -0.481 e. The van der Waals surface area contributed by atoms with E-state index in [1.807, 2.05) is 11.9 Å². The van der Waals surface area contributed by atoms with E-state index in [1.165, 1.54) is 0 Å². The summed E-state index contributed by atoms with van der Waals surface area (Å²) in [5.74, 6) is 1.13. The molecule has 0 N–H and O–H groups in total. The molecular formula is C19H23F3N4O. The highest BCUT2D eigenvalue weighted by Crippen LogP contribution is 2.29. The number of likely N-dealkylation sites (tertiary alicyclic amines) is 1. The molecule has 146 valence electrons. The number of anilines is 1. The number of halogens is 3. The Morgan fingerprint density at radius 1 is 1.22 bits per heavy atom. The molecule has 1 aliphatic rings. The van der Waals surface area contributed by atoms with Crippen LogP contribution in [-0.4, -0.2) is 48.2 Å². The molecule has 1 aromatic heterocycles. The van der Waals surface area contributed by atoms with Gasteiger partial charge in [-0.05, 0) is 37.1 Å². The predicted molar refractivity (Wildman–Crippen MR) is 96.7 cm³/mol. The number of hydrogen-bond acceptors (Lipinski definition) is 5. The van der Waals surface area contributed by atoms with Crippen LogP contribution in [-0.2, 0) is 12.7 Å². The Morgan fingerprint density at radius 3 is 2.63 bits per heavy atom. The molecular weight excluding hydrogens is 357 g/mol. The highest BCUT2D eigenvalue weighted by Gasteiger charge is 2.30. The molecule has 0 aliphatic carbocycles. The summed E-state index contributed by atoms with van der Waals surface area (Å²) in [6.07, 6.45) is -0.602. The zero-order valence-electron chi connectivity index (χ0n) is 15.4. The maximum absolute atomic E-state index is 12.7. The lowest BCUT2D eigenvalue weighted by Crippen LogP contribution is -2.46. The van der Waals surface area contributed by atoms with Gasteiger partial charge in [0.25, 0.3) is 0 Å². The number of benzene rings is 1. The van der Waals surface area contributed by atoms with Gasteiger partial charge >= 0.3 is 6.18 Å². The summed E-state index contributed by atoms with van der Waals surface area (Å²) in [6, 6.07) is 7.35. The molecule has 2 aromatic rings. The quantitative estimate of drug-likeness (QED) is 0.793. The van der Waals surface area contributed by atoms with E-state index < -0.39 is 11.7 Å². The first-order chi connectivity index (χ1) is 12.9. The molecule has 1 aromatic carbocycles. The summed E-state index contributed by atoms with van der Waals surface area (Å²) >= 11 is 0. The normalized spacial score (nSPS) is 18.3. The number of rotatable bonds is 5. The van der Waals surface area contributed by atoms with Crippen LogP contribution in [0.4, 0.5) is 19.1 Å². The molecule has 3 rings (SSSR count). The monoisotopic (exact) mass is 380 g/mol. The minimum absolute atomic E-state index is 0.236. The Morgan fingerprint density at radius 2 is 1.96 bits per heavy atom. The molecule has 1 fully saturated rings. The van der Waals surface area contributed by atoms with Gasteiger partial charge in [0.15, 0.2) is 0 Å². The second-order valence-corrected chi connectivity index (χ2v) is 6.74. The van der Waals surface area contributed by atoms with Gasteiger partial charge in [-0.3, -0.25) is 4.90 Å². The number of hydrogen-bond donors (Lipinski definition) is 0. The molecule has 27 heavy (non-hydrogen) atoms. The zero-order valence-corrected chi connectivity index (χ0v) is 15.4. The highest BCUT2D eigenvalue weighted by atomic mass is 19.4. The molecule has 0 saturated carbocycles. The number of alkyl halides is 3. The van der Waals surface area contributed by atoms with E-state index in [9.17, 15) is 13.2 Å². The first-order valence-corrected chi connectivity index (χ1v) is 8.85. The molecule has 1 atom stereocenters. The lowest BCUT2D eigenvalue weighted by Gasteiger charge is -2.37. The van der Waals surface area contributed by atoms with Gasteiger partial charge in [0, 0.05) is 38.4 Å². The van der Waals surface area contributed by atoms with Gasteiger partial charge in [0.2, 0.25) is 11.8 Å². The van der Waals surface area contributed by atoms with E-state index in [-0.39, 0.29) is 6.04 Å². The molecule has 8 heteroatoms. The van der Waals surface area contributed by atoms with E-state index in [0.29, 0.717) is 18.4 Å². The zero-order chi connectivity index (χ0) is 19.4. The van der Waals surface area contributed by atoms with Gasteiger partial charge in [-0.25, -0.2) is 4.98 Å². The van der Waals surface area contributed by atoms with E-state index in [2.05, 4.69) is 14.9 Å². The summed E-state index contributed by atoms with van der Waals surface area (Å²) in [7, 11) is 3.53. The number of aromatic nitrogens is 2. The minimum atomic E-state index is -4.30. The maximum Gasteiger partial charge on any atom is 0.416 e. The van der Waals surface area contributed by atoms with Gasteiger partial charge in [0.1, 0.15) is 0 Å². The molecule has 2 heterocycles. The van der Waals surface area contributed by atoms with Crippen molar-refractivity contribution in [2.24, 2.45) is 0 Å². The number of piperidine rings is 1. The third kappa shape index (κ3) is 4.88. The van der Waals surface area contributed by atoms with Crippen LogP contribution >= 0.6 is 0 Å². The van der Waals surface area contributed by atoms with E-state index in [4.69, 9.17) is 4.74 Å². The van der Waals surface area contributed by atoms with Crippen molar-refractivity contribution in [3.05, 3.63) is 47.7 Å². The van der Waals surface area contributed by atoms with Crippen molar-refractivity contribution in [2.75, 3.05) is 32.1 Å². The average Bonchev–Trinajstić information content (AvgIpc) is 2.67. The van der Waals surface area contributed by atoms with Crippen LogP contribution in [0.3, 0.4) is 0 Å². The molecule has 5 nitrogen and oxygen atoms in total. The van der Waals surface area contributed by atoms with Crippen molar-refractivity contribution in [1.29, 1.82) is 0 Å². The van der Waals surface area contributed by atoms with Crippen LogP contribution in [0.1, 0.15) is 24.0 Å². The molecule has 0 radical (unpaired) electrons. The van der Waals surface area contributed by atoms with Crippen LogP contribution in [0.15, 0.2) is 36.5 Å². The molecule has 1 saturated heterocycles. The van der Waals surface area contributed by atoms with E-state index >= 15 is 0 Å². The second-order valence-electron chi connectivity index (χ2n) is 6.74. The van der Waals surface area contributed by atoms with Gasteiger partial charge in [0.05, 0.1) is 12.7 Å². The van der Waals surface area contributed by atoms with Crippen LogP contribution in [0.5, 0.6) is 5.88 Å². The standard InChI is InChI=1S/C19H23F3N4O/c1-25(18-23-10-9-17(24-18)27-2)16-4-3-11-26(13-16)12-14-5-7-15(8-6-14)19(20,21)22/h5-10,16H,3-4,11-13H2,1-2H3. The van der Waals surface area contributed by atoms with E-state index in [0.717, 1.165) is 43.6 Å². The summed E-state index contributed by atoms with van der Waals surface area (Å²) < 4.78 is 43.2. The van der Waals surface area contributed by atoms with Crippen LogP contribution < -0.4 is 9.64 Å². The van der Waals surface area contributed by atoms with Gasteiger partial charge in [-0.15, -0.1) is 0 Å². The lowest BCUT2D eigenvalue weighted by molar-refractivity contribution is -0.137. The molecule has 1 unspecified atom stereocenters. The molecule has 0 spiro atoms. The summed E-state index contributed by atoms with van der Waals surface area (Å²) in [4.78, 5) is 13.0. The summed E-state index contributed by atoms with van der Waals surface area (Å²) in [6.45, 7) is 2.35. The molecule has 1 aliphatic heterocycles. The smallest absolute Gasteiger partial charge is 0.416 e. The fourth-order valence-electron chi connectivity index (χ4n) is 3.33. The van der Waals surface area contributed by atoms with Crippen molar-refractivity contribution in [3.8, 4) is 5.88 Å². The van der Waals surface area contributed by atoms with Crippen molar-refractivity contribution < 1.29 is 17.9 Å². The third-order valence-corrected chi connectivity index (χ3v) is 4.86. The predicted octanol–water partition coefficient (Wildman–Crippen LogP) is 3.60. The summed E-state index contributed by atoms with van der Waals surface area (Å²) in [5, 5.41) is 0. The van der Waals surface area contributed by atoms with Crippen LogP contribution in [0.25, 0.3) is 0 Å². The number of likely N-dealkylation sites (N-methyl/N-ethyl adjacent to an activating group) is 1. The van der Waals surface area contributed by atoms with Gasteiger partial charge in [-0.1, -0.05) is 12.1 Å². The third-order valence-electron chi connectivity index (χ3n) is 4.86. The SMILES string of the molecule is COc1ccnc(N(C)C2CCCN(Cc3ccc(C(F)(F)F)cc3)C2)n1. The molecule has 0 amide bonds. The van der Waals surface area contributed by atoms with Crippen molar-refractivity contribution in [1.82, 2.24) is 14.9 Å². The van der Waals surface area contributed by atoms with E-state index in [1.54, 1.807) is 31.5 Å².